The monoisotopic (exact) mass is 546 g/mol. The van der Waals surface area contributed by atoms with Crippen LogP contribution in [-0.2, 0) is 25.2 Å². The van der Waals surface area contributed by atoms with Crippen LogP contribution in [-0.4, -0.2) is 53.6 Å². The molecule has 0 bridgehead atoms. The van der Waals surface area contributed by atoms with Crippen LogP contribution < -0.4 is 15.1 Å². The molecule has 5 nitrogen and oxygen atoms in total. The lowest BCUT2D eigenvalue weighted by Crippen LogP contribution is -2.66. The van der Waals surface area contributed by atoms with Crippen molar-refractivity contribution in [2.75, 3.05) is 26.9 Å². The molecule has 208 valence electrons. The molecule has 3 aromatic carbocycles. The van der Waals surface area contributed by atoms with Gasteiger partial charge in [-0.2, -0.15) is 0 Å². The van der Waals surface area contributed by atoms with Gasteiger partial charge in [0.2, 0.25) is 0 Å². The molecule has 1 aliphatic heterocycles. The molecule has 1 heterocycles. The summed E-state index contributed by atoms with van der Waals surface area (Å²) in [5.74, 6) is 0.826. The average molecular weight is 547 g/mol. The van der Waals surface area contributed by atoms with Gasteiger partial charge in [0, 0.05) is 13.2 Å². The molecule has 0 N–H and O–H groups in total. The molecule has 0 radical (unpaired) electrons. The lowest BCUT2D eigenvalue weighted by Gasteiger charge is -2.43. The second-order valence-electron chi connectivity index (χ2n) is 10.9. The quantitative estimate of drug-likeness (QED) is 0.109. The summed E-state index contributed by atoms with van der Waals surface area (Å²) >= 11 is 0. The van der Waals surface area contributed by atoms with Gasteiger partial charge in [0.1, 0.15) is 24.1 Å². The molecule has 6 heteroatoms. The summed E-state index contributed by atoms with van der Waals surface area (Å²) in [5.41, 5.74) is 1.07. The van der Waals surface area contributed by atoms with Crippen molar-refractivity contribution >= 4 is 18.7 Å². The van der Waals surface area contributed by atoms with Crippen molar-refractivity contribution in [1.29, 1.82) is 0 Å². The Morgan fingerprint density at radius 2 is 1.49 bits per heavy atom. The zero-order valence-corrected chi connectivity index (χ0v) is 24.7. The zero-order valence-electron chi connectivity index (χ0n) is 23.7. The minimum Gasteiger partial charge on any atom is -0.497 e. The molecule has 0 amide bonds. The van der Waals surface area contributed by atoms with E-state index in [4.69, 9.17) is 23.4 Å². The molecule has 0 spiro atoms. The van der Waals surface area contributed by atoms with E-state index in [1.54, 1.807) is 7.11 Å². The fourth-order valence-electron chi connectivity index (χ4n) is 5.14. The molecule has 3 aromatic rings. The molecule has 0 aromatic heterocycles. The van der Waals surface area contributed by atoms with E-state index in [9.17, 15) is 0 Å². The Kier molecular flexibility index (Phi) is 10.2. The van der Waals surface area contributed by atoms with E-state index in [1.807, 2.05) is 30.3 Å². The highest BCUT2D eigenvalue weighted by Gasteiger charge is 2.50. The van der Waals surface area contributed by atoms with Crippen molar-refractivity contribution in [3.63, 3.8) is 0 Å². The summed E-state index contributed by atoms with van der Waals surface area (Å²) in [7, 11) is -0.889. The molecule has 39 heavy (non-hydrogen) atoms. The van der Waals surface area contributed by atoms with E-state index in [0.29, 0.717) is 26.4 Å². The molecule has 0 unspecified atom stereocenters. The van der Waals surface area contributed by atoms with Crippen molar-refractivity contribution in [3.8, 4) is 5.75 Å². The van der Waals surface area contributed by atoms with Crippen LogP contribution in [0.4, 0.5) is 0 Å². The van der Waals surface area contributed by atoms with Crippen LogP contribution in [0.15, 0.2) is 97.6 Å². The third-order valence-electron chi connectivity index (χ3n) is 7.22. The van der Waals surface area contributed by atoms with Crippen LogP contribution >= 0.6 is 0 Å². The van der Waals surface area contributed by atoms with Gasteiger partial charge in [-0.15, -0.1) is 6.58 Å². The Morgan fingerprint density at radius 3 is 1.97 bits per heavy atom. The third kappa shape index (κ3) is 7.27. The van der Waals surface area contributed by atoms with E-state index in [0.717, 1.165) is 17.7 Å². The van der Waals surface area contributed by atoms with Gasteiger partial charge in [-0.3, -0.25) is 0 Å². The first-order valence-electron chi connectivity index (χ1n) is 13.7. The first-order chi connectivity index (χ1) is 18.9. The zero-order chi connectivity index (χ0) is 27.7. The van der Waals surface area contributed by atoms with Crippen LogP contribution in [0.5, 0.6) is 5.75 Å². The van der Waals surface area contributed by atoms with Crippen molar-refractivity contribution in [2.45, 2.75) is 57.1 Å². The molecule has 1 aliphatic rings. The number of benzene rings is 3. The fourth-order valence-corrected chi connectivity index (χ4v) is 9.74. The van der Waals surface area contributed by atoms with Gasteiger partial charge in [0.25, 0.3) is 8.32 Å². The maximum absolute atomic E-state index is 7.00. The highest BCUT2D eigenvalue weighted by atomic mass is 28.4. The standard InChI is InChI=1S/C33H42O5Si/c1-6-30(36-24-26-18-20-27(34-5)21-19-26)32(31-25-37-31)35-22-13-23-38-39(33(2,3)4,28-14-9-7-10-15-28)29-16-11-8-12-17-29/h6-12,14-21,30-32H,1,13,22-25H2,2-5H3/t30-,31-,32+/m1/s1. The van der Waals surface area contributed by atoms with Gasteiger partial charge < -0.3 is 23.4 Å². The molecule has 4 rings (SSSR count). The Balaban J connectivity index is 1.38. The smallest absolute Gasteiger partial charge is 0.261 e. The van der Waals surface area contributed by atoms with Gasteiger partial charge in [-0.25, -0.2) is 0 Å². The number of epoxide rings is 1. The van der Waals surface area contributed by atoms with Crippen LogP contribution in [0.1, 0.15) is 32.8 Å². The number of hydrogen-bond donors (Lipinski definition) is 0. The van der Waals surface area contributed by atoms with Gasteiger partial charge in [0.15, 0.2) is 0 Å². The van der Waals surface area contributed by atoms with Crippen LogP contribution in [0, 0.1) is 0 Å². The summed E-state index contributed by atoms with van der Waals surface area (Å²) in [6.45, 7) is 13.2. The second-order valence-corrected chi connectivity index (χ2v) is 15.2. The van der Waals surface area contributed by atoms with Gasteiger partial charge in [-0.05, 0) is 39.5 Å². The van der Waals surface area contributed by atoms with Crippen LogP contribution in [0.25, 0.3) is 0 Å². The Bertz CT molecular complexity index is 1100. The average Bonchev–Trinajstić information content (AvgIpc) is 3.80. The van der Waals surface area contributed by atoms with Crippen molar-refractivity contribution in [1.82, 2.24) is 0 Å². The first kappa shape index (κ1) is 29.2. The minimum absolute atomic E-state index is 0.0291. The van der Waals surface area contributed by atoms with Crippen molar-refractivity contribution in [2.24, 2.45) is 0 Å². The lowest BCUT2D eigenvalue weighted by atomic mass is 10.1. The van der Waals surface area contributed by atoms with Crippen molar-refractivity contribution < 1.29 is 23.4 Å². The summed E-state index contributed by atoms with van der Waals surface area (Å²) in [6.07, 6.45) is 2.15. The fraction of sp³-hybridized carbons (Fsp3) is 0.394. The summed E-state index contributed by atoms with van der Waals surface area (Å²) < 4.78 is 30.4. The number of methoxy groups -OCH3 is 1. The van der Waals surface area contributed by atoms with E-state index in [2.05, 4.69) is 88.0 Å². The van der Waals surface area contributed by atoms with E-state index >= 15 is 0 Å². The summed E-state index contributed by atoms with van der Waals surface area (Å²) in [6, 6.07) is 29.3. The van der Waals surface area contributed by atoms with Crippen LogP contribution in [0.2, 0.25) is 5.04 Å². The number of ether oxygens (including phenoxy) is 4. The Labute approximate surface area is 234 Å². The molecule has 3 atom stereocenters. The van der Waals surface area contributed by atoms with Crippen LogP contribution in [0.3, 0.4) is 0 Å². The minimum atomic E-state index is -2.55. The predicted octanol–water partition coefficient (Wildman–Crippen LogP) is 5.52. The molecule has 1 fully saturated rings. The van der Waals surface area contributed by atoms with Gasteiger partial charge in [0.05, 0.1) is 20.3 Å². The Hall–Kier alpha value is -2.74. The Morgan fingerprint density at radius 1 is 0.897 bits per heavy atom. The topological polar surface area (TPSA) is 49.5 Å². The van der Waals surface area contributed by atoms with E-state index in [1.165, 1.54) is 10.4 Å². The lowest BCUT2D eigenvalue weighted by molar-refractivity contribution is -0.0702. The first-order valence-corrected chi connectivity index (χ1v) is 15.6. The number of hydrogen-bond acceptors (Lipinski definition) is 5. The SMILES string of the molecule is C=C[C@@H](OCc1ccc(OC)cc1)[C@H](OCCCO[Si](c1ccccc1)(c1ccccc1)C(C)(C)C)[C@H]1CO1. The van der Waals surface area contributed by atoms with E-state index in [-0.39, 0.29) is 23.4 Å². The summed E-state index contributed by atoms with van der Waals surface area (Å²) in [5, 5.41) is 2.52. The van der Waals surface area contributed by atoms with E-state index < -0.39 is 8.32 Å². The molecule has 0 saturated carbocycles. The molecule has 0 aliphatic carbocycles. The molecular formula is C33H42O5Si. The normalized spacial score (nSPS) is 16.9. The maximum Gasteiger partial charge on any atom is 0.261 e. The maximum atomic E-state index is 7.00. The highest BCUT2D eigenvalue weighted by Crippen LogP contribution is 2.36. The summed E-state index contributed by atoms with van der Waals surface area (Å²) in [4.78, 5) is 0. The molecular weight excluding hydrogens is 504 g/mol. The third-order valence-corrected chi connectivity index (χ3v) is 12.3. The number of rotatable bonds is 15. The predicted molar refractivity (Wildman–Crippen MR) is 159 cm³/mol. The van der Waals surface area contributed by atoms with Gasteiger partial charge in [-0.1, -0.05) is 99.6 Å². The largest absolute Gasteiger partial charge is 0.497 e. The highest BCUT2D eigenvalue weighted by molar-refractivity contribution is 6.99. The second kappa shape index (κ2) is 13.6. The van der Waals surface area contributed by atoms with Crippen molar-refractivity contribution in [3.05, 3.63) is 103 Å². The van der Waals surface area contributed by atoms with Gasteiger partial charge >= 0.3 is 0 Å². The molecule has 1 saturated heterocycles.